The topological polar surface area (TPSA) is 88.9 Å². The maximum atomic E-state index is 12.6. The van der Waals surface area contributed by atoms with E-state index in [0.717, 1.165) is 22.5 Å². The Bertz CT molecular complexity index is 1080. The van der Waals surface area contributed by atoms with Gasteiger partial charge in [0.15, 0.2) is 5.16 Å². The van der Waals surface area contributed by atoms with Crippen LogP contribution in [0.25, 0.3) is 0 Å². The average Bonchev–Trinajstić information content (AvgIpc) is 3.11. The van der Waals surface area contributed by atoms with E-state index >= 15 is 0 Å². The molecule has 0 aliphatic heterocycles. The molecular formula is C23H25N5O2S. The van der Waals surface area contributed by atoms with Crippen molar-refractivity contribution in [2.45, 2.75) is 32.0 Å². The summed E-state index contributed by atoms with van der Waals surface area (Å²) in [5.74, 6) is 0.383. The number of rotatable bonds is 9. The molecule has 0 spiro atoms. The standard InChI is InChI=1S/C23H25N5O2S/c1-4-12-28-20(14-21(29)25-19-11-10-16(2)13-17(19)3)26-27-23(28)31-15-22(30)24-18-8-6-5-7-9-18/h4-11,13H,1,12,14-15H2,2-3H3,(H,24,30)(H,25,29). The molecule has 1 aromatic heterocycles. The quantitative estimate of drug-likeness (QED) is 0.392. The minimum Gasteiger partial charge on any atom is -0.325 e. The normalized spacial score (nSPS) is 10.5. The number of anilines is 2. The number of nitrogens with one attached hydrogen (secondary N) is 2. The lowest BCUT2D eigenvalue weighted by molar-refractivity contribution is -0.116. The highest BCUT2D eigenvalue weighted by molar-refractivity contribution is 7.99. The molecule has 0 bridgehead atoms. The molecule has 0 atom stereocenters. The van der Waals surface area contributed by atoms with Crippen LogP contribution in [0.5, 0.6) is 0 Å². The van der Waals surface area contributed by atoms with Gasteiger partial charge in [0.05, 0.1) is 12.2 Å². The van der Waals surface area contributed by atoms with E-state index in [1.54, 1.807) is 10.6 Å². The number of carbonyl (C=O) groups excluding carboxylic acids is 2. The third kappa shape index (κ3) is 6.29. The summed E-state index contributed by atoms with van der Waals surface area (Å²) in [5.41, 5.74) is 3.66. The number of aryl methyl sites for hydroxylation is 2. The van der Waals surface area contributed by atoms with E-state index in [1.807, 2.05) is 62.4 Å². The first kappa shape index (κ1) is 22.3. The molecule has 0 saturated carbocycles. The number of hydrogen-bond acceptors (Lipinski definition) is 5. The first-order valence-electron chi connectivity index (χ1n) is 9.84. The summed E-state index contributed by atoms with van der Waals surface area (Å²) >= 11 is 1.27. The fourth-order valence-corrected chi connectivity index (χ4v) is 3.78. The van der Waals surface area contributed by atoms with Crippen LogP contribution >= 0.6 is 11.8 Å². The Morgan fingerprint density at radius 3 is 2.55 bits per heavy atom. The second-order valence-corrected chi connectivity index (χ2v) is 7.99. The van der Waals surface area contributed by atoms with E-state index in [4.69, 9.17) is 0 Å². The number of carbonyl (C=O) groups is 2. The lowest BCUT2D eigenvalue weighted by Gasteiger charge is -2.10. The van der Waals surface area contributed by atoms with Crippen molar-refractivity contribution >= 4 is 35.0 Å². The number of amides is 2. The van der Waals surface area contributed by atoms with Gasteiger partial charge in [-0.15, -0.1) is 16.8 Å². The molecule has 0 aliphatic carbocycles. The highest BCUT2D eigenvalue weighted by atomic mass is 32.2. The minimum atomic E-state index is -0.178. The predicted octanol–water partition coefficient (Wildman–Crippen LogP) is 3.99. The van der Waals surface area contributed by atoms with Gasteiger partial charge in [-0.3, -0.25) is 9.59 Å². The third-order valence-electron chi connectivity index (χ3n) is 4.47. The largest absolute Gasteiger partial charge is 0.325 e. The van der Waals surface area contributed by atoms with Crippen LogP contribution < -0.4 is 10.6 Å². The summed E-state index contributed by atoms with van der Waals surface area (Å²) in [5, 5.41) is 14.7. The van der Waals surface area contributed by atoms with Gasteiger partial charge in [0, 0.05) is 17.9 Å². The van der Waals surface area contributed by atoms with Gasteiger partial charge >= 0.3 is 0 Å². The number of benzene rings is 2. The van der Waals surface area contributed by atoms with Gasteiger partial charge < -0.3 is 15.2 Å². The van der Waals surface area contributed by atoms with E-state index in [-0.39, 0.29) is 24.0 Å². The molecule has 3 rings (SSSR count). The van der Waals surface area contributed by atoms with Gasteiger partial charge in [-0.1, -0.05) is 53.7 Å². The van der Waals surface area contributed by atoms with Crippen molar-refractivity contribution in [3.63, 3.8) is 0 Å². The Morgan fingerprint density at radius 2 is 1.84 bits per heavy atom. The summed E-state index contributed by atoms with van der Waals surface area (Å²) in [6, 6.07) is 15.1. The molecule has 7 nitrogen and oxygen atoms in total. The van der Waals surface area contributed by atoms with Crippen LogP contribution in [0.3, 0.4) is 0 Å². The van der Waals surface area contributed by atoms with Crippen molar-refractivity contribution in [3.8, 4) is 0 Å². The molecule has 0 aliphatic rings. The van der Waals surface area contributed by atoms with Crippen molar-refractivity contribution in [2.24, 2.45) is 0 Å². The zero-order chi connectivity index (χ0) is 22.2. The molecular weight excluding hydrogens is 410 g/mol. The summed E-state index contributed by atoms with van der Waals surface area (Å²) < 4.78 is 1.80. The lowest BCUT2D eigenvalue weighted by atomic mass is 10.1. The molecule has 2 N–H and O–H groups in total. The smallest absolute Gasteiger partial charge is 0.234 e. The summed E-state index contributed by atoms with van der Waals surface area (Å²) in [6.45, 7) is 8.18. The van der Waals surface area contributed by atoms with Gasteiger partial charge in [-0.05, 0) is 37.6 Å². The third-order valence-corrected chi connectivity index (χ3v) is 5.44. The van der Waals surface area contributed by atoms with Gasteiger partial charge in [-0.2, -0.15) is 0 Å². The van der Waals surface area contributed by atoms with Crippen molar-refractivity contribution in [2.75, 3.05) is 16.4 Å². The van der Waals surface area contributed by atoms with Crippen LogP contribution in [0.1, 0.15) is 17.0 Å². The van der Waals surface area contributed by atoms with Crippen LogP contribution in [0.2, 0.25) is 0 Å². The van der Waals surface area contributed by atoms with E-state index in [1.165, 1.54) is 11.8 Å². The van der Waals surface area contributed by atoms with Gasteiger partial charge in [-0.25, -0.2) is 0 Å². The molecule has 2 aromatic carbocycles. The van der Waals surface area contributed by atoms with Crippen molar-refractivity contribution < 1.29 is 9.59 Å². The first-order valence-corrected chi connectivity index (χ1v) is 10.8. The van der Waals surface area contributed by atoms with Crippen LogP contribution in [0.15, 0.2) is 66.3 Å². The highest BCUT2D eigenvalue weighted by Crippen LogP contribution is 2.20. The summed E-state index contributed by atoms with van der Waals surface area (Å²) in [6.07, 6.45) is 1.79. The molecule has 0 radical (unpaired) electrons. The van der Waals surface area contributed by atoms with E-state index in [0.29, 0.717) is 17.5 Å². The van der Waals surface area contributed by atoms with Gasteiger partial charge in [0.1, 0.15) is 5.82 Å². The van der Waals surface area contributed by atoms with E-state index in [9.17, 15) is 9.59 Å². The number of thioether (sulfide) groups is 1. The number of hydrogen-bond donors (Lipinski definition) is 2. The molecule has 31 heavy (non-hydrogen) atoms. The predicted molar refractivity (Wildman–Crippen MR) is 124 cm³/mol. The summed E-state index contributed by atoms with van der Waals surface area (Å²) in [7, 11) is 0. The second-order valence-electron chi connectivity index (χ2n) is 7.04. The zero-order valence-electron chi connectivity index (χ0n) is 17.6. The first-order chi connectivity index (χ1) is 15.0. The van der Waals surface area contributed by atoms with E-state index in [2.05, 4.69) is 27.4 Å². The molecule has 1 heterocycles. The van der Waals surface area contributed by atoms with Crippen molar-refractivity contribution in [3.05, 3.63) is 78.1 Å². The van der Waals surface area contributed by atoms with Crippen LogP contribution in [-0.4, -0.2) is 32.3 Å². The van der Waals surface area contributed by atoms with Crippen LogP contribution in [-0.2, 0) is 22.6 Å². The monoisotopic (exact) mass is 435 g/mol. The maximum absolute atomic E-state index is 12.6. The van der Waals surface area contributed by atoms with Gasteiger partial charge in [0.2, 0.25) is 11.8 Å². The Balaban J connectivity index is 1.63. The zero-order valence-corrected chi connectivity index (χ0v) is 18.4. The minimum absolute atomic E-state index is 0.0743. The van der Waals surface area contributed by atoms with Crippen molar-refractivity contribution in [1.82, 2.24) is 14.8 Å². The highest BCUT2D eigenvalue weighted by Gasteiger charge is 2.17. The molecule has 2 amide bonds. The molecule has 3 aromatic rings. The fraction of sp³-hybridized carbons (Fsp3) is 0.217. The maximum Gasteiger partial charge on any atom is 0.234 e. The van der Waals surface area contributed by atoms with Crippen molar-refractivity contribution in [1.29, 1.82) is 0 Å². The number of para-hydroxylation sites is 1. The number of nitrogens with zero attached hydrogens (tertiary/aromatic N) is 3. The molecule has 160 valence electrons. The SMILES string of the molecule is C=CCn1c(CC(=O)Nc2ccc(C)cc2C)nnc1SCC(=O)Nc1ccccc1. The summed E-state index contributed by atoms with van der Waals surface area (Å²) in [4.78, 5) is 24.8. The molecule has 0 saturated heterocycles. The Kier molecular flexibility index (Phi) is 7.61. The average molecular weight is 436 g/mol. The fourth-order valence-electron chi connectivity index (χ4n) is 3.01. The van der Waals surface area contributed by atoms with E-state index < -0.39 is 0 Å². The van der Waals surface area contributed by atoms with Gasteiger partial charge in [0.25, 0.3) is 0 Å². The molecule has 0 unspecified atom stereocenters. The second kappa shape index (κ2) is 10.6. The Morgan fingerprint density at radius 1 is 1.06 bits per heavy atom. The molecule has 8 heteroatoms. The van der Waals surface area contributed by atoms with Crippen LogP contribution in [0.4, 0.5) is 11.4 Å². The Labute approximate surface area is 186 Å². The molecule has 0 fully saturated rings. The van der Waals surface area contributed by atoms with Crippen LogP contribution in [0, 0.1) is 13.8 Å². The lowest BCUT2D eigenvalue weighted by Crippen LogP contribution is -2.18. The number of allylic oxidation sites excluding steroid dienone is 1. The number of aromatic nitrogens is 3. The Hall–Kier alpha value is -3.39.